The molecule has 65 valence electrons. The molecule has 0 aliphatic rings. The van der Waals surface area contributed by atoms with Crippen LogP contribution in [0.1, 0.15) is 22.4 Å². The van der Waals surface area contributed by atoms with Crippen LogP contribution in [0.3, 0.4) is 0 Å². The standard InChI is InChI=1S/C9H12N.CH3.Y/c1-6-5-10-9(4)8(3)7(6)2;;/h1-4H3;1H3;/q2*-1;. The van der Waals surface area contributed by atoms with Gasteiger partial charge in [0.2, 0.25) is 0 Å². The molecule has 1 heterocycles. The summed E-state index contributed by atoms with van der Waals surface area (Å²) in [7, 11) is 0. The number of rotatable bonds is 0. The Bertz CT molecular complexity index is 229. The van der Waals surface area contributed by atoms with E-state index in [9.17, 15) is 0 Å². The number of hydrogen-bond acceptors (Lipinski definition) is 1. The molecule has 0 fully saturated rings. The van der Waals surface area contributed by atoms with Crippen LogP contribution in [-0.4, -0.2) is 4.98 Å². The third kappa shape index (κ3) is 2.95. The molecule has 0 aliphatic heterocycles. The van der Waals surface area contributed by atoms with E-state index in [1.807, 2.05) is 13.8 Å². The third-order valence-electron chi connectivity index (χ3n) is 2.06. The molecule has 0 amide bonds. The van der Waals surface area contributed by atoms with Crippen molar-refractivity contribution < 1.29 is 32.7 Å². The molecule has 0 atom stereocenters. The van der Waals surface area contributed by atoms with E-state index in [1.54, 1.807) is 0 Å². The van der Waals surface area contributed by atoms with E-state index in [0.717, 1.165) is 11.3 Å². The molecule has 0 N–H and O–H groups in total. The van der Waals surface area contributed by atoms with E-state index in [0.29, 0.717) is 0 Å². The van der Waals surface area contributed by atoms with Crippen LogP contribution in [-0.2, 0) is 32.7 Å². The topological polar surface area (TPSA) is 12.9 Å². The molecule has 2 heteroatoms. The third-order valence-corrected chi connectivity index (χ3v) is 2.06. The van der Waals surface area contributed by atoms with Gasteiger partial charge < -0.3 is 12.4 Å². The molecule has 0 aromatic carbocycles. The van der Waals surface area contributed by atoms with Crippen LogP contribution in [0.5, 0.6) is 0 Å². The molecule has 0 bridgehead atoms. The zero-order valence-corrected chi connectivity index (χ0v) is 11.4. The van der Waals surface area contributed by atoms with Crippen molar-refractivity contribution in [2.45, 2.75) is 27.7 Å². The van der Waals surface area contributed by atoms with Gasteiger partial charge in [0.1, 0.15) is 0 Å². The van der Waals surface area contributed by atoms with Crippen molar-refractivity contribution in [1.82, 2.24) is 4.98 Å². The van der Waals surface area contributed by atoms with Gasteiger partial charge in [0.25, 0.3) is 0 Å². The van der Waals surface area contributed by atoms with Crippen molar-refractivity contribution in [2.75, 3.05) is 0 Å². The SMILES string of the molecule is Cc1[c-]nc(C)c(C)c1C.[CH3-].[Y]. The summed E-state index contributed by atoms with van der Waals surface area (Å²) in [6.45, 7) is 8.25. The van der Waals surface area contributed by atoms with Crippen molar-refractivity contribution in [3.63, 3.8) is 0 Å². The second-order valence-electron chi connectivity index (χ2n) is 2.68. The van der Waals surface area contributed by atoms with Gasteiger partial charge in [-0.1, -0.05) is 39.6 Å². The van der Waals surface area contributed by atoms with Crippen molar-refractivity contribution in [2.24, 2.45) is 0 Å². The van der Waals surface area contributed by atoms with Crippen molar-refractivity contribution in [3.05, 3.63) is 36.0 Å². The normalized spacial score (nSPS) is 8.33. The molecule has 1 radical (unpaired) electrons. The summed E-state index contributed by atoms with van der Waals surface area (Å²) >= 11 is 0. The van der Waals surface area contributed by atoms with Gasteiger partial charge in [0.05, 0.1) is 0 Å². The minimum Gasteiger partial charge on any atom is -0.391 e. The summed E-state index contributed by atoms with van der Waals surface area (Å²) < 4.78 is 0. The molecule has 0 spiro atoms. The van der Waals surface area contributed by atoms with Gasteiger partial charge in [0, 0.05) is 32.7 Å². The largest absolute Gasteiger partial charge is 0.391 e. The number of nitrogens with zero attached hydrogens (tertiary/aromatic N) is 1. The van der Waals surface area contributed by atoms with Gasteiger partial charge in [-0.05, 0) is 0 Å². The fourth-order valence-corrected chi connectivity index (χ4v) is 0.888. The van der Waals surface area contributed by atoms with E-state index in [2.05, 4.69) is 25.0 Å². The predicted molar refractivity (Wildman–Crippen MR) is 48.4 cm³/mol. The summed E-state index contributed by atoms with van der Waals surface area (Å²) in [4.78, 5) is 4.11. The van der Waals surface area contributed by atoms with E-state index in [1.165, 1.54) is 11.1 Å². The summed E-state index contributed by atoms with van der Waals surface area (Å²) in [5.41, 5.74) is 4.84. The number of pyridine rings is 1. The smallest absolute Gasteiger partial charge is 0 e. The maximum atomic E-state index is 4.11. The van der Waals surface area contributed by atoms with Crippen LogP contribution in [0.4, 0.5) is 0 Å². The average Bonchev–Trinajstić information content (AvgIpc) is 1.93. The predicted octanol–water partition coefficient (Wildman–Crippen LogP) is 2.56. The molecule has 0 unspecified atom stereocenters. The molecular formula is C10H15NY-2. The Balaban J connectivity index is 0. The van der Waals surface area contributed by atoms with Crippen molar-refractivity contribution in [1.29, 1.82) is 0 Å². The molecule has 0 saturated carbocycles. The molecule has 0 saturated heterocycles. The molecular weight excluding hydrogens is 223 g/mol. The van der Waals surface area contributed by atoms with Gasteiger partial charge in [-0.25, -0.2) is 0 Å². The second kappa shape index (κ2) is 5.82. The van der Waals surface area contributed by atoms with Crippen LogP contribution in [0.25, 0.3) is 0 Å². The Labute approximate surface area is 101 Å². The summed E-state index contributed by atoms with van der Waals surface area (Å²) in [5, 5.41) is 0. The zero-order chi connectivity index (χ0) is 7.72. The Kier molecular flexibility index (Phi) is 7.16. The van der Waals surface area contributed by atoms with Crippen LogP contribution in [0.2, 0.25) is 0 Å². The summed E-state index contributed by atoms with van der Waals surface area (Å²) in [6.07, 6.45) is 2.96. The maximum Gasteiger partial charge on any atom is 0 e. The Morgan fingerprint density at radius 3 is 1.92 bits per heavy atom. The fourth-order valence-electron chi connectivity index (χ4n) is 0.888. The van der Waals surface area contributed by atoms with E-state index < -0.39 is 0 Å². The van der Waals surface area contributed by atoms with Crippen LogP contribution >= 0.6 is 0 Å². The van der Waals surface area contributed by atoms with Gasteiger partial charge in [-0.3, -0.25) is 0 Å². The van der Waals surface area contributed by atoms with Gasteiger partial charge >= 0.3 is 0 Å². The Morgan fingerprint density at radius 2 is 1.50 bits per heavy atom. The molecule has 12 heavy (non-hydrogen) atoms. The minimum absolute atomic E-state index is 0. The molecule has 0 aliphatic carbocycles. The number of hydrogen-bond donors (Lipinski definition) is 0. The first-order valence-electron chi connectivity index (χ1n) is 3.45. The molecule has 1 nitrogen and oxygen atoms in total. The first-order valence-corrected chi connectivity index (χ1v) is 3.45. The van der Waals surface area contributed by atoms with E-state index in [4.69, 9.17) is 0 Å². The van der Waals surface area contributed by atoms with E-state index >= 15 is 0 Å². The number of aryl methyl sites for hydroxylation is 2. The Hall–Kier alpha value is 0.254. The van der Waals surface area contributed by atoms with Gasteiger partial charge in [-0.15, -0.1) is 11.1 Å². The fraction of sp³-hybridized carbons (Fsp3) is 0.400. The molecule has 1 aromatic heterocycles. The molecule has 1 aromatic rings. The monoisotopic (exact) mass is 238 g/mol. The maximum absolute atomic E-state index is 4.11. The minimum atomic E-state index is 0. The van der Waals surface area contributed by atoms with Crippen LogP contribution in [0, 0.1) is 41.3 Å². The van der Waals surface area contributed by atoms with Crippen LogP contribution < -0.4 is 0 Å². The Morgan fingerprint density at radius 1 is 1.00 bits per heavy atom. The average molecular weight is 238 g/mol. The zero-order valence-electron chi connectivity index (χ0n) is 8.52. The number of aromatic nitrogens is 1. The van der Waals surface area contributed by atoms with Crippen molar-refractivity contribution >= 4 is 0 Å². The molecule has 1 rings (SSSR count). The van der Waals surface area contributed by atoms with Crippen molar-refractivity contribution in [3.8, 4) is 0 Å². The van der Waals surface area contributed by atoms with E-state index in [-0.39, 0.29) is 40.1 Å². The summed E-state index contributed by atoms with van der Waals surface area (Å²) in [5.74, 6) is 0. The van der Waals surface area contributed by atoms with Gasteiger partial charge in [0.15, 0.2) is 0 Å². The summed E-state index contributed by atoms with van der Waals surface area (Å²) in [6, 6.07) is 0. The quantitative estimate of drug-likeness (QED) is 0.633. The first-order chi connectivity index (χ1) is 4.63. The van der Waals surface area contributed by atoms with Crippen LogP contribution in [0.15, 0.2) is 0 Å². The van der Waals surface area contributed by atoms with Gasteiger partial charge in [-0.2, -0.15) is 5.56 Å². The second-order valence-corrected chi connectivity index (χ2v) is 2.68. The first kappa shape index (κ1) is 14.8.